The minimum absolute atomic E-state index is 0.103. The molecule has 1 N–H and O–H groups in total. The Balaban J connectivity index is 2.39. The second kappa shape index (κ2) is 6.31. The van der Waals surface area contributed by atoms with Crippen molar-refractivity contribution in [3.63, 3.8) is 0 Å². The zero-order valence-corrected chi connectivity index (χ0v) is 11.4. The van der Waals surface area contributed by atoms with Crippen LogP contribution in [0.25, 0.3) is 0 Å². The van der Waals surface area contributed by atoms with Gasteiger partial charge in [-0.25, -0.2) is 4.98 Å². The lowest BCUT2D eigenvalue weighted by Crippen LogP contribution is -2.02. The van der Waals surface area contributed by atoms with Crippen LogP contribution in [0.1, 0.15) is 5.56 Å². The van der Waals surface area contributed by atoms with Gasteiger partial charge in [-0.2, -0.15) is 0 Å². The second-order valence-electron chi connectivity index (χ2n) is 3.97. The Morgan fingerprint density at radius 3 is 2.80 bits per heavy atom. The quantitative estimate of drug-likeness (QED) is 0.518. The van der Waals surface area contributed by atoms with E-state index in [0.717, 1.165) is 5.56 Å². The van der Waals surface area contributed by atoms with Crippen LogP contribution in [0, 0.1) is 10.1 Å². The molecule has 0 aliphatic carbocycles. The van der Waals surface area contributed by atoms with E-state index < -0.39 is 4.92 Å². The average molecular weight is 294 g/mol. The molecule has 104 valence electrons. The Morgan fingerprint density at radius 1 is 1.35 bits per heavy atom. The van der Waals surface area contributed by atoms with Gasteiger partial charge >= 0.3 is 5.69 Å². The fourth-order valence-electron chi connectivity index (χ4n) is 1.72. The van der Waals surface area contributed by atoms with E-state index in [2.05, 4.69) is 10.3 Å². The maximum atomic E-state index is 11.0. The summed E-state index contributed by atoms with van der Waals surface area (Å²) in [5, 5.41) is 14.1. The van der Waals surface area contributed by atoms with Gasteiger partial charge < -0.3 is 10.1 Å². The average Bonchev–Trinajstić information content (AvgIpc) is 2.41. The maximum Gasteiger partial charge on any atom is 0.311 e. The van der Waals surface area contributed by atoms with Crippen LogP contribution in [0.4, 0.5) is 17.2 Å². The number of rotatable bonds is 5. The number of pyridine rings is 1. The molecule has 0 saturated heterocycles. The van der Waals surface area contributed by atoms with Crippen LogP contribution in [0.2, 0.25) is 5.15 Å². The normalized spacial score (nSPS) is 10.3. The van der Waals surface area contributed by atoms with Crippen molar-refractivity contribution in [3.05, 3.63) is 57.2 Å². The van der Waals surface area contributed by atoms with Gasteiger partial charge in [0.25, 0.3) is 0 Å². The summed E-state index contributed by atoms with van der Waals surface area (Å²) in [5.41, 5.74) is 1.42. The molecule has 0 saturated carbocycles. The van der Waals surface area contributed by atoms with Crippen molar-refractivity contribution in [2.75, 3.05) is 12.4 Å². The zero-order valence-electron chi connectivity index (χ0n) is 10.7. The van der Waals surface area contributed by atoms with Gasteiger partial charge in [-0.3, -0.25) is 10.1 Å². The molecular weight excluding hydrogens is 282 g/mol. The number of methoxy groups -OCH3 is 1. The molecule has 0 bridgehead atoms. The SMILES string of the molecule is COCc1ccccc1Nc1nc(Cl)ccc1[N+](=O)[O-]. The second-order valence-corrected chi connectivity index (χ2v) is 4.36. The Labute approximate surface area is 120 Å². The molecule has 1 heterocycles. The molecule has 7 heteroatoms. The Hall–Kier alpha value is -2.18. The number of hydrogen-bond donors (Lipinski definition) is 1. The van der Waals surface area contributed by atoms with Crippen molar-refractivity contribution < 1.29 is 9.66 Å². The number of halogens is 1. The molecule has 20 heavy (non-hydrogen) atoms. The van der Waals surface area contributed by atoms with Crippen LogP contribution in [-0.4, -0.2) is 17.0 Å². The number of nitro groups is 1. The molecule has 1 aromatic carbocycles. The molecule has 0 spiro atoms. The first-order chi connectivity index (χ1) is 9.61. The smallest absolute Gasteiger partial charge is 0.311 e. The van der Waals surface area contributed by atoms with Crippen molar-refractivity contribution in [1.82, 2.24) is 4.98 Å². The van der Waals surface area contributed by atoms with E-state index in [9.17, 15) is 10.1 Å². The summed E-state index contributed by atoms with van der Waals surface area (Å²) in [5.74, 6) is 0.103. The minimum Gasteiger partial charge on any atom is -0.380 e. The van der Waals surface area contributed by atoms with Gasteiger partial charge in [0.15, 0.2) is 0 Å². The van der Waals surface area contributed by atoms with Gasteiger partial charge in [0.05, 0.1) is 11.5 Å². The third-order valence-corrected chi connectivity index (χ3v) is 2.82. The molecule has 2 rings (SSSR count). The topological polar surface area (TPSA) is 77.3 Å². The van der Waals surface area contributed by atoms with Crippen LogP contribution in [0.15, 0.2) is 36.4 Å². The molecule has 0 aliphatic heterocycles. The molecular formula is C13H12ClN3O3. The fourth-order valence-corrected chi connectivity index (χ4v) is 1.87. The number of nitrogens with one attached hydrogen (secondary N) is 1. The highest BCUT2D eigenvalue weighted by Crippen LogP contribution is 2.28. The highest BCUT2D eigenvalue weighted by atomic mass is 35.5. The van der Waals surface area contributed by atoms with Crippen molar-refractivity contribution in [3.8, 4) is 0 Å². The van der Waals surface area contributed by atoms with E-state index in [1.807, 2.05) is 18.2 Å². The van der Waals surface area contributed by atoms with Gasteiger partial charge in [0.2, 0.25) is 5.82 Å². The minimum atomic E-state index is -0.509. The van der Waals surface area contributed by atoms with Gasteiger partial charge in [0.1, 0.15) is 5.15 Å². The Morgan fingerprint density at radius 2 is 2.10 bits per heavy atom. The van der Waals surface area contributed by atoms with E-state index in [1.54, 1.807) is 13.2 Å². The number of para-hydroxylation sites is 1. The van der Waals surface area contributed by atoms with Crippen molar-refractivity contribution >= 4 is 28.8 Å². The van der Waals surface area contributed by atoms with Crippen LogP contribution in [0.5, 0.6) is 0 Å². The monoisotopic (exact) mass is 293 g/mol. The molecule has 0 amide bonds. The van der Waals surface area contributed by atoms with E-state index in [1.165, 1.54) is 12.1 Å². The third-order valence-electron chi connectivity index (χ3n) is 2.61. The van der Waals surface area contributed by atoms with Crippen LogP contribution in [0.3, 0.4) is 0 Å². The highest BCUT2D eigenvalue weighted by Gasteiger charge is 2.16. The van der Waals surface area contributed by atoms with E-state index >= 15 is 0 Å². The van der Waals surface area contributed by atoms with Gasteiger partial charge in [-0.05, 0) is 12.1 Å². The molecule has 0 fully saturated rings. The highest BCUT2D eigenvalue weighted by molar-refractivity contribution is 6.29. The summed E-state index contributed by atoms with van der Waals surface area (Å²) in [6.07, 6.45) is 0. The van der Waals surface area contributed by atoms with Gasteiger partial charge in [-0.15, -0.1) is 0 Å². The third kappa shape index (κ3) is 3.23. The van der Waals surface area contributed by atoms with E-state index in [0.29, 0.717) is 12.3 Å². The summed E-state index contributed by atoms with van der Waals surface area (Å²) in [6, 6.07) is 10.0. The zero-order chi connectivity index (χ0) is 14.5. The van der Waals surface area contributed by atoms with E-state index in [-0.39, 0.29) is 16.7 Å². The first-order valence-electron chi connectivity index (χ1n) is 5.76. The predicted molar refractivity (Wildman–Crippen MR) is 76.3 cm³/mol. The number of anilines is 2. The maximum absolute atomic E-state index is 11.0. The molecule has 0 radical (unpaired) electrons. The lowest BCUT2D eigenvalue weighted by atomic mass is 10.2. The summed E-state index contributed by atoms with van der Waals surface area (Å²) >= 11 is 5.79. The predicted octanol–water partition coefficient (Wildman–Crippen LogP) is 3.53. The van der Waals surface area contributed by atoms with Gasteiger partial charge in [-0.1, -0.05) is 29.8 Å². The van der Waals surface area contributed by atoms with Gasteiger partial charge in [0, 0.05) is 24.4 Å². The Bertz CT molecular complexity index is 634. The molecule has 0 unspecified atom stereocenters. The molecule has 6 nitrogen and oxygen atoms in total. The standard InChI is InChI=1S/C13H12ClN3O3/c1-20-8-9-4-2-3-5-10(9)15-13-11(17(18)19)6-7-12(14)16-13/h2-7H,8H2,1H3,(H,15,16). The number of nitrogens with zero attached hydrogens (tertiary/aromatic N) is 2. The number of hydrogen-bond acceptors (Lipinski definition) is 5. The Kier molecular flexibility index (Phi) is 4.49. The summed E-state index contributed by atoms with van der Waals surface area (Å²) in [6.45, 7) is 0.386. The van der Waals surface area contributed by atoms with Crippen LogP contribution >= 0.6 is 11.6 Å². The molecule has 0 aliphatic rings. The van der Waals surface area contributed by atoms with Crippen molar-refractivity contribution in [2.24, 2.45) is 0 Å². The lowest BCUT2D eigenvalue weighted by Gasteiger charge is -2.11. The van der Waals surface area contributed by atoms with Crippen molar-refractivity contribution in [1.29, 1.82) is 0 Å². The molecule has 1 aromatic heterocycles. The first-order valence-corrected chi connectivity index (χ1v) is 6.14. The molecule has 2 aromatic rings. The number of ether oxygens (including phenoxy) is 1. The lowest BCUT2D eigenvalue weighted by molar-refractivity contribution is -0.384. The molecule has 0 atom stereocenters. The van der Waals surface area contributed by atoms with E-state index in [4.69, 9.17) is 16.3 Å². The summed E-state index contributed by atoms with van der Waals surface area (Å²) in [4.78, 5) is 14.4. The largest absolute Gasteiger partial charge is 0.380 e. The van der Waals surface area contributed by atoms with Crippen LogP contribution in [-0.2, 0) is 11.3 Å². The number of benzene rings is 1. The van der Waals surface area contributed by atoms with Crippen LogP contribution < -0.4 is 5.32 Å². The fraction of sp³-hybridized carbons (Fsp3) is 0.154. The summed E-state index contributed by atoms with van der Waals surface area (Å²) in [7, 11) is 1.58. The summed E-state index contributed by atoms with van der Waals surface area (Å²) < 4.78 is 5.09. The number of aromatic nitrogens is 1. The first kappa shape index (κ1) is 14.2. The van der Waals surface area contributed by atoms with Crippen molar-refractivity contribution in [2.45, 2.75) is 6.61 Å².